The van der Waals surface area contributed by atoms with Crippen LogP contribution in [0.1, 0.15) is 206 Å². The van der Waals surface area contributed by atoms with Crippen LogP contribution in [-0.2, 0) is 23.7 Å². The summed E-state index contributed by atoms with van der Waals surface area (Å²) in [5, 5.41) is 86.9. The summed E-state index contributed by atoms with van der Waals surface area (Å²) in [5.74, 6) is -0.215. The molecule has 378 valence electrons. The van der Waals surface area contributed by atoms with E-state index in [0.717, 1.165) is 64.2 Å². The summed E-state index contributed by atoms with van der Waals surface area (Å²) in [6.07, 6.45) is 22.1. The molecule has 2 aliphatic heterocycles. The van der Waals surface area contributed by atoms with Gasteiger partial charge in [0.25, 0.3) is 0 Å². The molecule has 0 radical (unpaired) electrons. The van der Waals surface area contributed by atoms with Crippen LogP contribution in [-0.4, -0.2) is 140 Å². The number of carbonyl (C=O) groups is 1. The molecule has 0 aromatic carbocycles. The molecule has 2 rings (SSSR count). The van der Waals surface area contributed by atoms with Crippen LogP contribution in [0, 0.1) is 0 Å². The normalized spacial score (nSPS) is 27.3. The van der Waals surface area contributed by atoms with E-state index in [-0.39, 0.29) is 12.5 Å². The highest BCUT2D eigenvalue weighted by Gasteiger charge is 2.51. The van der Waals surface area contributed by atoms with Crippen molar-refractivity contribution in [1.82, 2.24) is 5.32 Å². The second kappa shape index (κ2) is 37.7. The Bertz CT molecular complexity index is 1130. The molecule has 0 saturated carbocycles. The first-order valence-corrected chi connectivity index (χ1v) is 25.9. The zero-order valence-corrected chi connectivity index (χ0v) is 40.0. The average molecular weight is 918 g/mol. The van der Waals surface area contributed by atoms with Crippen molar-refractivity contribution >= 4 is 5.91 Å². The molecule has 14 heteroatoms. The number of rotatable bonds is 40. The SMILES string of the molecule is CCCCCCCCC/C=C\CCCCCCCC(=O)NC(COC1OC(CO)C(OC2OC(CO)C(O)C(O)C2O)C(O)C1O)C(O)CCCCCCCCCCCCCCCC. The van der Waals surface area contributed by atoms with Gasteiger partial charge in [0.15, 0.2) is 12.6 Å². The molecule has 0 aliphatic carbocycles. The number of hydrogen-bond acceptors (Lipinski definition) is 13. The van der Waals surface area contributed by atoms with Crippen LogP contribution in [0.2, 0.25) is 0 Å². The number of unbranched alkanes of at least 4 members (excludes halogenated alkanes) is 25. The first-order valence-electron chi connectivity index (χ1n) is 25.9. The predicted molar refractivity (Wildman–Crippen MR) is 249 cm³/mol. The highest BCUT2D eigenvalue weighted by molar-refractivity contribution is 5.76. The van der Waals surface area contributed by atoms with Gasteiger partial charge >= 0.3 is 0 Å². The second-order valence-corrected chi connectivity index (χ2v) is 18.7. The number of hydrogen-bond donors (Lipinski definition) is 9. The molecule has 64 heavy (non-hydrogen) atoms. The molecule has 9 N–H and O–H groups in total. The fraction of sp³-hybridized carbons (Fsp3) is 0.940. The Morgan fingerprint density at radius 2 is 0.984 bits per heavy atom. The van der Waals surface area contributed by atoms with Gasteiger partial charge in [-0.3, -0.25) is 4.79 Å². The van der Waals surface area contributed by atoms with Crippen molar-refractivity contribution in [3.8, 4) is 0 Å². The van der Waals surface area contributed by atoms with Crippen LogP contribution in [0.3, 0.4) is 0 Å². The van der Waals surface area contributed by atoms with E-state index in [1.54, 1.807) is 0 Å². The summed E-state index contributed by atoms with van der Waals surface area (Å²) in [6, 6.07) is -0.828. The van der Waals surface area contributed by atoms with Crippen molar-refractivity contribution in [2.45, 2.75) is 280 Å². The molecular weight excluding hydrogens is 823 g/mol. The molecule has 2 saturated heterocycles. The minimum Gasteiger partial charge on any atom is -0.394 e. The highest BCUT2D eigenvalue weighted by Crippen LogP contribution is 2.30. The van der Waals surface area contributed by atoms with Crippen LogP contribution in [0.4, 0.5) is 0 Å². The minimum absolute atomic E-state index is 0.215. The van der Waals surface area contributed by atoms with Gasteiger partial charge in [0.1, 0.15) is 48.8 Å². The maximum absolute atomic E-state index is 13.2. The van der Waals surface area contributed by atoms with Gasteiger partial charge in [-0.25, -0.2) is 0 Å². The fourth-order valence-corrected chi connectivity index (χ4v) is 8.70. The van der Waals surface area contributed by atoms with E-state index >= 15 is 0 Å². The zero-order valence-electron chi connectivity index (χ0n) is 40.0. The molecule has 0 aromatic heterocycles. The van der Waals surface area contributed by atoms with Gasteiger partial charge in [-0.1, -0.05) is 174 Å². The molecule has 2 fully saturated rings. The van der Waals surface area contributed by atoms with Crippen molar-refractivity contribution in [2.24, 2.45) is 0 Å². The van der Waals surface area contributed by atoms with E-state index in [1.165, 1.54) is 109 Å². The number of ether oxygens (including phenoxy) is 4. The van der Waals surface area contributed by atoms with E-state index in [4.69, 9.17) is 18.9 Å². The number of carbonyl (C=O) groups excluding carboxylic acids is 1. The summed E-state index contributed by atoms with van der Waals surface area (Å²) in [4.78, 5) is 13.2. The van der Waals surface area contributed by atoms with Crippen molar-refractivity contribution in [1.29, 1.82) is 0 Å². The van der Waals surface area contributed by atoms with Crippen LogP contribution < -0.4 is 5.32 Å². The summed E-state index contributed by atoms with van der Waals surface area (Å²) in [5.41, 5.74) is 0. The van der Waals surface area contributed by atoms with Crippen molar-refractivity contribution in [3.05, 3.63) is 12.2 Å². The van der Waals surface area contributed by atoms with Gasteiger partial charge in [0.2, 0.25) is 5.91 Å². The Hall–Kier alpha value is -1.27. The van der Waals surface area contributed by atoms with Gasteiger partial charge in [-0.2, -0.15) is 0 Å². The summed E-state index contributed by atoms with van der Waals surface area (Å²) < 4.78 is 22.7. The average Bonchev–Trinajstić information content (AvgIpc) is 3.29. The van der Waals surface area contributed by atoms with Crippen LogP contribution in [0.5, 0.6) is 0 Å². The lowest BCUT2D eigenvalue weighted by atomic mass is 9.97. The number of amides is 1. The lowest BCUT2D eigenvalue weighted by Gasteiger charge is -2.46. The predicted octanol–water partition coefficient (Wildman–Crippen LogP) is 6.77. The Balaban J connectivity index is 1.83. The Labute approximate surface area is 386 Å². The van der Waals surface area contributed by atoms with E-state index in [2.05, 4.69) is 31.3 Å². The van der Waals surface area contributed by atoms with Crippen LogP contribution >= 0.6 is 0 Å². The molecule has 12 unspecified atom stereocenters. The molecule has 2 aliphatic rings. The maximum Gasteiger partial charge on any atom is 0.220 e. The minimum atomic E-state index is -1.78. The van der Waals surface area contributed by atoms with E-state index in [9.17, 15) is 45.6 Å². The van der Waals surface area contributed by atoms with E-state index < -0.39 is 86.8 Å². The summed E-state index contributed by atoms with van der Waals surface area (Å²) in [6.45, 7) is 2.84. The number of aliphatic hydroxyl groups excluding tert-OH is 8. The second-order valence-electron chi connectivity index (χ2n) is 18.7. The Morgan fingerprint density at radius 3 is 1.48 bits per heavy atom. The van der Waals surface area contributed by atoms with Crippen molar-refractivity contribution < 1.29 is 64.6 Å². The van der Waals surface area contributed by atoms with Gasteiger partial charge in [-0.05, 0) is 38.5 Å². The van der Waals surface area contributed by atoms with Gasteiger partial charge in [0.05, 0.1) is 32.0 Å². The molecular formula is C50H95NO13. The first-order chi connectivity index (χ1) is 31.1. The van der Waals surface area contributed by atoms with Crippen LogP contribution in [0.15, 0.2) is 12.2 Å². The maximum atomic E-state index is 13.2. The fourth-order valence-electron chi connectivity index (χ4n) is 8.70. The number of allylic oxidation sites excluding steroid dienone is 2. The molecule has 14 nitrogen and oxygen atoms in total. The highest BCUT2D eigenvalue weighted by atomic mass is 16.7. The lowest BCUT2D eigenvalue weighted by molar-refractivity contribution is -0.359. The smallest absolute Gasteiger partial charge is 0.220 e. The number of aliphatic hydroxyl groups is 8. The Morgan fingerprint density at radius 1 is 0.547 bits per heavy atom. The van der Waals surface area contributed by atoms with Gasteiger partial charge < -0.3 is 65.1 Å². The summed E-state index contributed by atoms with van der Waals surface area (Å²) in [7, 11) is 0. The van der Waals surface area contributed by atoms with Crippen molar-refractivity contribution in [3.63, 3.8) is 0 Å². The molecule has 0 spiro atoms. The largest absolute Gasteiger partial charge is 0.394 e. The van der Waals surface area contributed by atoms with Crippen molar-refractivity contribution in [2.75, 3.05) is 19.8 Å². The third-order valence-electron chi connectivity index (χ3n) is 13.0. The van der Waals surface area contributed by atoms with Gasteiger partial charge in [0, 0.05) is 6.42 Å². The van der Waals surface area contributed by atoms with E-state index in [1.807, 2.05) is 0 Å². The molecule has 2 heterocycles. The third-order valence-corrected chi connectivity index (χ3v) is 13.0. The summed E-state index contributed by atoms with van der Waals surface area (Å²) >= 11 is 0. The Kier molecular flexibility index (Phi) is 34.7. The van der Waals surface area contributed by atoms with Gasteiger partial charge in [-0.15, -0.1) is 0 Å². The number of nitrogens with one attached hydrogen (secondary N) is 1. The molecule has 12 atom stereocenters. The monoisotopic (exact) mass is 918 g/mol. The third kappa shape index (κ3) is 24.7. The van der Waals surface area contributed by atoms with Crippen LogP contribution in [0.25, 0.3) is 0 Å². The standard InChI is InChI=1S/C50H95NO13/c1-3-5-7-9-11-13-15-17-19-20-22-24-26-28-30-32-34-42(55)51-38(39(54)33-31-29-27-25-23-21-18-16-14-12-10-8-6-4-2)37-61-49-47(60)45(58)48(41(36-53)63-49)64-50-46(59)44(57)43(56)40(35-52)62-50/h19-20,38-41,43-50,52-54,56-60H,3-18,21-37H2,1-2H3,(H,51,55)/b20-19-. The topological polar surface area (TPSA) is 228 Å². The van der Waals surface area contributed by atoms with E-state index in [0.29, 0.717) is 19.3 Å². The first kappa shape index (κ1) is 58.9. The quantitative estimate of drug-likeness (QED) is 0.0229. The zero-order chi connectivity index (χ0) is 46.8. The lowest BCUT2D eigenvalue weighted by Crippen LogP contribution is -2.65. The molecule has 1 amide bonds. The molecule has 0 aromatic rings. The molecule has 0 bridgehead atoms.